The number of hydrogen-bond acceptors (Lipinski definition) is 2. The highest BCUT2D eigenvalue weighted by Gasteiger charge is 2.23. The SMILES string of the molecule is Cn1c(Br)c2c3c(cccc31)C(O)NC2. The molecule has 2 aromatic rings. The van der Waals surface area contributed by atoms with Gasteiger partial charge in [-0.15, -0.1) is 0 Å². The van der Waals surface area contributed by atoms with Gasteiger partial charge in [0.1, 0.15) is 6.23 Å². The number of hydrogen-bond donors (Lipinski definition) is 2. The van der Waals surface area contributed by atoms with Gasteiger partial charge in [0, 0.05) is 35.6 Å². The number of benzene rings is 1. The van der Waals surface area contributed by atoms with Gasteiger partial charge in [-0.25, -0.2) is 0 Å². The summed E-state index contributed by atoms with van der Waals surface area (Å²) in [5, 5.41) is 14.1. The molecule has 0 spiro atoms. The van der Waals surface area contributed by atoms with Crippen molar-refractivity contribution < 1.29 is 5.11 Å². The summed E-state index contributed by atoms with van der Waals surface area (Å²) in [6, 6.07) is 6.02. The molecule has 0 amide bonds. The van der Waals surface area contributed by atoms with E-state index in [9.17, 15) is 5.11 Å². The highest BCUT2D eigenvalue weighted by atomic mass is 79.9. The highest BCUT2D eigenvalue weighted by molar-refractivity contribution is 9.10. The Morgan fingerprint density at radius 2 is 2.33 bits per heavy atom. The largest absolute Gasteiger partial charge is 0.374 e. The third-order valence-corrected chi connectivity index (χ3v) is 4.06. The first-order valence-electron chi connectivity index (χ1n) is 4.87. The van der Waals surface area contributed by atoms with Crippen molar-refractivity contribution >= 4 is 26.8 Å². The number of aryl methyl sites for hydroxylation is 1. The van der Waals surface area contributed by atoms with Crippen LogP contribution in [0.2, 0.25) is 0 Å². The van der Waals surface area contributed by atoms with Crippen molar-refractivity contribution in [1.82, 2.24) is 9.88 Å². The second-order valence-electron chi connectivity index (χ2n) is 3.85. The van der Waals surface area contributed by atoms with E-state index >= 15 is 0 Å². The van der Waals surface area contributed by atoms with Crippen LogP contribution in [0, 0.1) is 0 Å². The Kier molecular flexibility index (Phi) is 1.92. The molecule has 1 aliphatic heterocycles. The van der Waals surface area contributed by atoms with Crippen LogP contribution in [-0.4, -0.2) is 9.67 Å². The van der Waals surface area contributed by atoms with Gasteiger partial charge in [0.25, 0.3) is 0 Å². The predicted octanol–water partition coefficient (Wildman–Crippen LogP) is 2.03. The fourth-order valence-electron chi connectivity index (χ4n) is 2.28. The number of rotatable bonds is 0. The summed E-state index contributed by atoms with van der Waals surface area (Å²) in [4.78, 5) is 0. The van der Waals surface area contributed by atoms with Gasteiger partial charge >= 0.3 is 0 Å². The van der Waals surface area contributed by atoms with Crippen LogP contribution in [0.25, 0.3) is 10.9 Å². The van der Waals surface area contributed by atoms with Gasteiger partial charge in [-0.3, -0.25) is 5.32 Å². The van der Waals surface area contributed by atoms with Gasteiger partial charge in [-0.05, 0) is 22.0 Å². The van der Waals surface area contributed by atoms with Crippen LogP contribution in [0.5, 0.6) is 0 Å². The third-order valence-electron chi connectivity index (χ3n) is 3.05. The summed E-state index contributed by atoms with van der Waals surface area (Å²) >= 11 is 3.58. The Morgan fingerprint density at radius 1 is 1.53 bits per heavy atom. The zero-order valence-corrected chi connectivity index (χ0v) is 9.87. The first-order chi connectivity index (χ1) is 7.20. The topological polar surface area (TPSA) is 37.2 Å². The minimum absolute atomic E-state index is 0.546. The predicted molar refractivity (Wildman–Crippen MR) is 62.4 cm³/mol. The molecule has 0 bridgehead atoms. The standard InChI is InChI=1S/C11H11BrN2O/c1-14-8-4-2-3-6-9(8)7(10(14)12)5-13-11(6)15/h2-4,11,13,15H,5H2,1H3. The van der Waals surface area contributed by atoms with Crippen molar-refractivity contribution in [1.29, 1.82) is 0 Å². The van der Waals surface area contributed by atoms with Gasteiger partial charge in [0.15, 0.2) is 0 Å². The van der Waals surface area contributed by atoms with E-state index < -0.39 is 6.23 Å². The van der Waals surface area contributed by atoms with E-state index in [2.05, 4.69) is 31.9 Å². The Hall–Kier alpha value is -0.840. The molecule has 78 valence electrons. The minimum Gasteiger partial charge on any atom is -0.374 e. The van der Waals surface area contributed by atoms with Crippen LogP contribution in [0.4, 0.5) is 0 Å². The minimum atomic E-state index is -0.546. The maximum absolute atomic E-state index is 9.84. The molecule has 1 aromatic carbocycles. The molecule has 2 N–H and O–H groups in total. The number of aliphatic hydroxyl groups is 1. The molecular weight excluding hydrogens is 256 g/mol. The normalized spacial score (nSPS) is 19.8. The van der Waals surface area contributed by atoms with Crippen molar-refractivity contribution in [3.63, 3.8) is 0 Å². The summed E-state index contributed by atoms with van der Waals surface area (Å²) in [6.45, 7) is 0.704. The van der Waals surface area contributed by atoms with Gasteiger partial charge in [0.05, 0.1) is 4.60 Å². The Balaban J connectivity index is 2.51. The molecule has 0 fully saturated rings. The van der Waals surface area contributed by atoms with E-state index in [4.69, 9.17) is 0 Å². The molecule has 15 heavy (non-hydrogen) atoms. The van der Waals surface area contributed by atoms with Crippen LogP contribution in [0.3, 0.4) is 0 Å². The van der Waals surface area contributed by atoms with Crippen LogP contribution < -0.4 is 5.32 Å². The lowest BCUT2D eigenvalue weighted by Gasteiger charge is -2.20. The van der Waals surface area contributed by atoms with E-state index in [0.717, 1.165) is 15.7 Å². The van der Waals surface area contributed by atoms with Gasteiger partial charge < -0.3 is 9.67 Å². The first kappa shape index (κ1) is 9.39. The molecule has 1 aromatic heterocycles. The Labute approximate surface area is 95.8 Å². The van der Waals surface area contributed by atoms with Crippen LogP contribution >= 0.6 is 15.9 Å². The molecule has 0 saturated heterocycles. The van der Waals surface area contributed by atoms with Crippen molar-refractivity contribution in [3.05, 3.63) is 33.9 Å². The van der Waals surface area contributed by atoms with Crippen LogP contribution in [-0.2, 0) is 13.6 Å². The number of nitrogens with one attached hydrogen (secondary N) is 1. The fraction of sp³-hybridized carbons (Fsp3) is 0.273. The smallest absolute Gasteiger partial charge is 0.132 e. The third kappa shape index (κ3) is 1.13. The second-order valence-corrected chi connectivity index (χ2v) is 4.60. The molecule has 3 nitrogen and oxygen atoms in total. The lowest BCUT2D eigenvalue weighted by Crippen LogP contribution is -2.24. The van der Waals surface area contributed by atoms with Crippen LogP contribution in [0.1, 0.15) is 17.4 Å². The average molecular weight is 267 g/mol. The summed E-state index contributed by atoms with van der Waals surface area (Å²) in [5.41, 5.74) is 3.36. The monoisotopic (exact) mass is 266 g/mol. The van der Waals surface area contributed by atoms with Gasteiger partial charge in [-0.1, -0.05) is 12.1 Å². The molecule has 2 heterocycles. The summed E-state index contributed by atoms with van der Waals surface area (Å²) in [5.74, 6) is 0. The maximum Gasteiger partial charge on any atom is 0.132 e. The van der Waals surface area contributed by atoms with E-state index in [-0.39, 0.29) is 0 Å². The summed E-state index contributed by atoms with van der Waals surface area (Å²) < 4.78 is 3.19. The number of aromatic nitrogens is 1. The molecule has 4 heteroatoms. The second kappa shape index (κ2) is 3.07. The zero-order chi connectivity index (χ0) is 10.6. The molecule has 0 aliphatic carbocycles. The summed E-state index contributed by atoms with van der Waals surface area (Å²) in [6.07, 6.45) is -0.546. The molecule has 1 atom stereocenters. The van der Waals surface area contributed by atoms with Crippen molar-refractivity contribution in [2.24, 2.45) is 7.05 Å². The van der Waals surface area contributed by atoms with Gasteiger partial charge in [0.2, 0.25) is 0 Å². The summed E-state index contributed by atoms with van der Waals surface area (Å²) in [7, 11) is 2.03. The quantitative estimate of drug-likeness (QED) is 0.766. The molecular formula is C11H11BrN2O. The molecule has 3 rings (SSSR count). The molecule has 0 radical (unpaired) electrons. The number of nitrogens with zero attached hydrogens (tertiary/aromatic N) is 1. The van der Waals surface area contributed by atoms with E-state index in [0.29, 0.717) is 6.54 Å². The van der Waals surface area contributed by atoms with Crippen molar-refractivity contribution in [3.8, 4) is 0 Å². The van der Waals surface area contributed by atoms with E-state index in [1.165, 1.54) is 10.9 Å². The van der Waals surface area contributed by atoms with Crippen molar-refractivity contribution in [2.45, 2.75) is 12.8 Å². The molecule has 0 saturated carbocycles. The van der Waals surface area contributed by atoms with E-state index in [1.807, 2.05) is 19.2 Å². The van der Waals surface area contributed by atoms with Crippen molar-refractivity contribution in [2.75, 3.05) is 0 Å². The highest BCUT2D eigenvalue weighted by Crippen LogP contribution is 2.36. The molecule has 1 unspecified atom stereocenters. The Morgan fingerprint density at radius 3 is 3.13 bits per heavy atom. The fourth-order valence-corrected chi connectivity index (χ4v) is 2.80. The van der Waals surface area contributed by atoms with Gasteiger partial charge in [-0.2, -0.15) is 0 Å². The lowest BCUT2D eigenvalue weighted by atomic mass is 10.0. The maximum atomic E-state index is 9.84. The number of halogens is 1. The number of aliphatic hydroxyl groups excluding tert-OH is 1. The molecule has 1 aliphatic rings. The average Bonchev–Trinajstić information content (AvgIpc) is 2.50. The Bertz CT molecular complexity index is 547. The zero-order valence-electron chi connectivity index (χ0n) is 8.29. The van der Waals surface area contributed by atoms with E-state index in [1.54, 1.807) is 0 Å². The first-order valence-corrected chi connectivity index (χ1v) is 5.66. The van der Waals surface area contributed by atoms with Crippen LogP contribution in [0.15, 0.2) is 22.8 Å². The lowest BCUT2D eigenvalue weighted by molar-refractivity contribution is 0.135.